The number of benzene rings is 3. The van der Waals surface area contributed by atoms with E-state index in [9.17, 15) is 18.4 Å². The number of nitrogens with zero attached hydrogens (tertiary/aromatic N) is 2. The Bertz CT molecular complexity index is 1230. The zero-order chi connectivity index (χ0) is 24.2. The van der Waals surface area contributed by atoms with E-state index in [2.05, 4.69) is 10.3 Å². The molecule has 1 aliphatic rings. The minimum atomic E-state index is -0.770. The summed E-state index contributed by atoms with van der Waals surface area (Å²) >= 11 is 13.1. The van der Waals surface area contributed by atoms with Crippen LogP contribution >= 0.6 is 35.0 Å². The van der Waals surface area contributed by atoms with Gasteiger partial charge in [-0.25, -0.2) is 13.8 Å². The molecule has 1 N–H and O–H groups in total. The summed E-state index contributed by atoms with van der Waals surface area (Å²) in [6.07, 6.45) is -0.0750. The molecule has 0 saturated carbocycles. The molecule has 3 aromatic carbocycles. The van der Waals surface area contributed by atoms with Gasteiger partial charge in [0.15, 0.2) is 5.17 Å². The molecule has 2 amide bonds. The van der Waals surface area contributed by atoms with E-state index >= 15 is 0 Å². The van der Waals surface area contributed by atoms with E-state index in [0.29, 0.717) is 27.0 Å². The van der Waals surface area contributed by atoms with Crippen LogP contribution in [0.15, 0.2) is 71.7 Å². The monoisotopic (exact) mass is 519 g/mol. The Labute approximate surface area is 208 Å². The standard InChI is InChI=1S/C24H17Cl2F2N3O2S/c25-15-9-16(26)11-20(10-15)29-23(33)21-12-22(32)31(13-14-1-3-17(27)4-2-14)24(34-21)30-19-7-5-18(28)6-8-19/h1-11,21H,12-13H2,(H,29,33). The summed E-state index contributed by atoms with van der Waals surface area (Å²) < 4.78 is 26.6. The van der Waals surface area contributed by atoms with Crippen LogP contribution in [0.5, 0.6) is 0 Å². The van der Waals surface area contributed by atoms with Gasteiger partial charge in [-0.05, 0) is 60.2 Å². The lowest BCUT2D eigenvalue weighted by Gasteiger charge is -2.32. The lowest BCUT2D eigenvalue weighted by molar-refractivity contribution is -0.129. The summed E-state index contributed by atoms with van der Waals surface area (Å²) in [5, 5.41) is 2.96. The molecule has 34 heavy (non-hydrogen) atoms. The van der Waals surface area contributed by atoms with Crippen molar-refractivity contribution in [3.8, 4) is 0 Å². The van der Waals surface area contributed by atoms with Crippen molar-refractivity contribution in [1.82, 2.24) is 4.90 Å². The summed E-state index contributed by atoms with van der Waals surface area (Å²) in [6.45, 7) is 0.143. The minimum absolute atomic E-state index is 0.0750. The van der Waals surface area contributed by atoms with Crippen LogP contribution in [0.25, 0.3) is 0 Å². The van der Waals surface area contributed by atoms with Crippen molar-refractivity contribution in [3.63, 3.8) is 0 Å². The Morgan fingerprint density at radius 3 is 2.21 bits per heavy atom. The zero-order valence-corrected chi connectivity index (χ0v) is 19.8. The number of rotatable bonds is 5. The van der Waals surface area contributed by atoms with Crippen LogP contribution in [0, 0.1) is 11.6 Å². The number of amides is 2. The maximum atomic E-state index is 13.3. The van der Waals surface area contributed by atoms with E-state index in [4.69, 9.17) is 23.2 Å². The molecule has 1 saturated heterocycles. The van der Waals surface area contributed by atoms with Gasteiger partial charge in [0.05, 0.1) is 12.2 Å². The van der Waals surface area contributed by atoms with Gasteiger partial charge in [-0.15, -0.1) is 0 Å². The molecule has 5 nitrogen and oxygen atoms in total. The predicted octanol–water partition coefficient (Wildman–Crippen LogP) is 6.43. The smallest absolute Gasteiger partial charge is 0.238 e. The van der Waals surface area contributed by atoms with E-state index < -0.39 is 17.0 Å². The zero-order valence-electron chi connectivity index (χ0n) is 17.5. The first-order valence-electron chi connectivity index (χ1n) is 10.1. The fraction of sp³-hybridized carbons (Fsp3) is 0.125. The van der Waals surface area contributed by atoms with E-state index in [0.717, 1.165) is 11.8 Å². The number of anilines is 1. The number of nitrogens with one attached hydrogen (secondary N) is 1. The fourth-order valence-electron chi connectivity index (χ4n) is 3.24. The van der Waals surface area contributed by atoms with Crippen LogP contribution in [0.3, 0.4) is 0 Å². The highest BCUT2D eigenvalue weighted by Crippen LogP contribution is 2.32. The highest BCUT2D eigenvalue weighted by molar-refractivity contribution is 8.15. The van der Waals surface area contributed by atoms with Crippen molar-refractivity contribution in [2.45, 2.75) is 18.2 Å². The van der Waals surface area contributed by atoms with Gasteiger partial charge in [0.2, 0.25) is 11.8 Å². The van der Waals surface area contributed by atoms with Crippen molar-refractivity contribution < 1.29 is 18.4 Å². The molecule has 174 valence electrons. The minimum Gasteiger partial charge on any atom is -0.325 e. The number of hydrogen-bond acceptors (Lipinski definition) is 4. The number of carbonyl (C=O) groups excluding carboxylic acids is 2. The Morgan fingerprint density at radius 1 is 1.00 bits per heavy atom. The van der Waals surface area contributed by atoms with E-state index in [1.165, 1.54) is 41.3 Å². The fourth-order valence-corrected chi connectivity index (χ4v) is 4.87. The molecule has 0 bridgehead atoms. The SMILES string of the molecule is O=C(Nc1cc(Cl)cc(Cl)c1)C1CC(=O)N(Cc2ccc(F)cc2)C(=Nc2ccc(F)cc2)S1. The Balaban J connectivity index is 1.60. The summed E-state index contributed by atoms with van der Waals surface area (Å²) in [7, 11) is 0. The molecule has 1 fully saturated rings. The Hall–Kier alpha value is -2.94. The van der Waals surface area contributed by atoms with Crippen molar-refractivity contribution in [2.75, 3.05) is 5.32 Å². The van der Waals surface area contributed by atoms with E-state index in [-0.39, 0.29) is 29.9 Å². The number of halogens is 4. The van der Waals surface area contributed by atoms with Gasteiger partial charge >= 0.3 is 0 Å². The quantitative estimate of drug-likeness (QED) is 0.422. The van der Waals surface area contributed by atoms with Crippen LogP contribution in [-0.4, -0.2) is 27.1 Å². The van der Waals surface area contributed by atoms with Crippen LogP contribution in [-0.2, 0) is 16.1 Å². The van der Waals surface area contributed by atoms with Crippen LogP contribution in [0.4, 0.5) is 20.2 Å². The molecular formula is C24H17Cl2F2N3O2S. The summed E-state index contributed by atoms with van der Waals surface area (Å²) in [6, 6.07) is 15.9. The van der Waals surface area contributed by atoms with Crippen molar-refractivity contribution in [1.29, 1.82) is 0 Å². The van der Waals surface area contributed by atoms with Gasteiger partial charge in [0.25, 0.3) is 0 Å². The molecule has 0 aliphatic carbocycles. The van der Waals surface area contributed by atoms with Gasteiger partial charge in [0, 0.05) is 22.2 Å². The summed E-state index contributed by atoms with van der Waals surface area (Å²) in [4.78, 5) is 31.9. The molecule has 1 heterocycles. The number of thioether (sulfide) groups is 1. The van der Waals surface area contributed by atoms with Crippen LogP contribution in [0.1, 0.15) is 12.0 Å². The second-order valence-electron chi connectivity index (χ2n) is 7.44. The van der Waals surface area contributed by atoms with Gasteiger partial charge in [0.1, 0.15) is 16.9 Å². The molecule has 0 radical (unpaired) electrons. The molecular weight excluding hydrogens is 503 g/mol. The lowest BCUT2D eigenvalue weighted by atomic mass is 10.2. The Morgan fingerprint density at radius 2 is 1.59 bits per heavy atom. The Kier molecular flexibility index (Phi) is 7.50. The predicted molar refractivity (Wildman–Crippen MR) is 132 cm³/mol. The molecule has 10 heteroatoms. The number of hydrogen-bond donors (Lipinski definition) is 1. The van der Waals surface area contributed by atoms with Gasteiger partial charge in [-0.1, -0.05) is 47.1 Å². The van der Waals surface area contributed by atoms with Gasteiger partial charge < -0.3 is 5.32 Å². The summed E-state index contributed by atoms with van der Waals surface area (Å²) in [5.74, 6) is -1.55. The number of aliphatic imine (C=N–C) groups is 1. The first-order chi connectivity index (χ1) is 16.3. The topological polar surface area (TPSA) is 61.8 Å². The van der Waals surface area contributed by atoms with Crippen LogP contribution < -0.4 is 5.32 Å². The molecule has 0 spiro atoms. The third kappa shape index (κ3) is 6.14. The van der Waals surface area contributed by atoms with Crippen molar-refractivity contribution >= 4 is 63.3 Å². The lowest BCUT2D eigenvalue weighted by Crippen LogP contribution is -2.44. The number of amidine groups is 1. The van der Waals surface area contributed by atoms with Crippen LogP contribution in [0.2, 0.25) is 10.0 Å². The highest BCUT2D eigenvalue weighted by atomic mass is 35.5. The maximum absolute atomic E-state index is 13.3. The molecule has 1 unspecified atom stereocenters. The molecule has 1 aliphatic heterocycles. The molecule has 0 aromatic heterocycles. The molecule has 1 atom stereocenters. The normalized spacial score (nSPS) is 17.2. The second-order valence-corrected chi connectivity index (χ2v) is 9.48. The maximum Gasteiger partial charge on any atom is 0.238 e. The highest BCUT2D eigenvalue weighted by Gasteiger charge is 2.36. The number of carbonyl (C=O) groups is 2. The summed E-state index contributed by atoms with van der Waals surface area (Å²) in [5.41, 5.74) is 1.52. The second kappa shape index (κ2) is 10.5. The average molecular weight is 520 g/mol. The van der Waals surface area contributed by atoms with Crippen molar-refractivity contribution in [3.05, 3.63) is 94.0 Å². The largest absolute Gasteiger partial charge is 0.325 e. The van der Waals surface area contributed by atoms with Crippen molar-refractivity contribution in [2.24, 2.45) is 4.99 Å². The van der Waals surface area contributed by atoms with E-state index in [1.54, 1.807) is 30.3 Å². The first-order valence-corrected chi connectivity index (χ1v) is 11.7. The molecule has 3 aromatic rings. The van der Waals surface area contributed by atoms with Gasteiger partial charge in [-0.2, -0.15) is 0 Å². The first kappa shape index (κ1) is 24.2. The average Bonchev–Trinajstić information content (AvgIpc) is 2.78. The third-order valence-corrected chi connectivity index (χ3v) is 6.49. The van der Waals surface area contributed by atoms with Gasteiger partial charge in [-0.3, -0.25) is 14.5 Å². The molecule has 4 rings (SSSR count). The van der Waals surface area contributed by atoms with E-state index in [1.807, 2.05) is 0 Å². The third-order valence-electron chi connectivity index (χ3n) is 4.87.